The molecule has 0 unspecified atom stereocenters. The third-order valence-electron chi connectivity index (χ3n) is 4.74. The van der Waals surface area contributed by atoms with Crippen molar-refractivity contribution in [2.75, 3.05) is 6.54 Å². The van der Waals surface area contributed by atoms with E-state index in [4.69, 9.17) is 0 Å². The summed E-state index contributed by atoms with van der Waals surface area (Å²) < 4.78 is 0. The molecule has 0 saturated carbocycles. The summed E-state index contributed by atoms with van der Waals surface area (Å²) in [5, 5.41) is 14.2. The number of fused-ring (bicyclic) bond motifs is 2. The molecule has 24 heavy (non-hydrogen) atoms. The number of hydrogen-bond acceptors (Lipinski definition) is 4. The largest absolute Gasteiger partial charge is 0.387 e. The van der Waals surface area contributed by atoms with Crippen LogP contribution in [0.15, 0.2) is 24.3 Å². The first-order chi connectivity index (χ1) is 11.7. The van der Waals surface area contributed by atoms with Crippen molar-refractivity contribution in [1.29, 1.82) is 0 Å². The highest BCUT2D eigenvalue weighted by atomic mass is 32.1. The minimum Gasteiger partial charge on any atom is -0.387 e. The number of aromatic nitrogens is 1. The quantitative estimate of drug-likeness (QED) is 0.881. The molecule has 0 fully saturated rings. The smallest absolute Gasteiger partial charge is 0.318 e. The SMILES string of the molecule is O=C(NCc1nc2c(s1)CCCC2)N1Cc2ccccc2[C@H](O)C1. The second-order valence-electron chi connectivity index (χ2n) is 6.44. The standard InChI is InChI=1S/C18H21N3O2S/c22-15-11-21(10-12-5-1-2-6-13(12)15)18(23)19-9-17-20-14-7-3-4-8-16(14)24-17/h1-2,5-6,15,22H,3-4,7-11H2,(H,19,23)/t15-/m1/s1. The maximum atomic E-state index is 12.5. The molecule has 2 aromatic rings. The first kappa shape index (κ1) is 15.6. The van der Waals surface area contributed by atoms with Crippen molar-refractivity contribution in [3.63, 3.8) is 0 Å². The van der Waals surface area contributed by atoms with Gasteiger partial charge in [-0.2, -0.15) is 0 Å². The van der Waals surface area contributed by atoms with Gasteiger partial charge in [-0.1, -0.05) is 24.3 Å². The van der Waals surface area contributed by atoms with E-state index in [2.05, 4.69) is 10.3 Å². The summed E-state index contributed by atoms with van der Waals surface area (Å²) in [5.41, 5.74) is 3.16. The van der Waals surface area contributed by atoms with Crippen LogP contribution in [0, 0.1) is 0 Å². The predicted octanol–water partition coefficient (Wildman–Crippen LogP) is 2.78. The molecule has 0 saturated heterocycles. The summed E-state index contributed by atoms with van der Waals surface area (Å²) in [5.74, 6) is 0. The summed E-state index contributed by atoms with van der Waals surface area (Å²) in [6.07, 6.45) is 4.03. The lowest BCUT2D eigenvalue weighted by Gasteiger charge is -2.32. The van der Waals surface area contributed by atoms with Gasteiger partial charge in [-0.15, -0.1) is 11.3 Å². The fourth-order valence-electron chi connectivity index (χ4n) is 3.48. The average molecular weight is 343 g/mol. The van der Waals surface area contributed by atoms with Crippen molar-refractivity contribution in [3.8, 4) is 0 Å². The summed E-state index contributed by atoms with van der Waals surface area (Å²) in [4.78, 5) is 20.2. The van der Waals surface area contributed by atoms with E-state index in [1.807, 2.05) is 24.3 Å². The number of aryl methyl sites for hydroxylation is 2. The number of rotatable bonds is 2. The van der Waals surface area contributed by atoms with E-state index in [1.165, 1.54) is 23.4 Å². The number of aliphatic hydroxyl groups is 1. The van der Waals surface area contributed by atoms with Crippen molar-refractivity contribution < 1.29 is 9.90 Å². The van der Waals surface area contributed by atoms with Crippen molar-refractivity contribution in [3.05, 3.63) is 51.0 Å². The Morgan fingerprint density at radius 1 is 1.33 bits per heavy atom. The van der Waals surface area contributed by atoms with Gasteiger partial charge < -0.3 is 15.3 Å². The van der Waals surface area contributed by atoms with Gasteiger partial charge in [0.25, 0.3) is 0 Å². The van der Waals surface area contributed by atoms with Gasteiger partial charge in [0.15, 0.2) is 0 Å². The topological polar surface area (TPSA) is 65.5 Å². The third-order valence-corrected chi connectivity index (χ3v) is 5.89. The molecule has 2 heterocycles. The van der Waals surface area contributed by atoms with Crippen molar-refractivity contribution in [2.24, 2.45) is 0 Å². The monoisotopic (exact) mass is 343 g/mol. The second-order valence-corrected chi connectivity index (χ2v) is 7.61. The number of amides is 2. The van der Waals surface area contributed by atoms with Gasteiger partial charge in [-0.25, -0.2) is 9.78 Å². The lowest BCUT2D eigenvalue weighted by molar-refractivity contribution is 0.104. The highest BCUT2D eigenvalue weighted by Crippen LogP contribution is 2.28. The Morgan fingerprint density at radius 3 is 3.04 bits per heavy atom. The second kappa shape index (κ2) is 6.53. The molecule has 1 aromatic carbocycles. The molecule has 1 atom stereocenters. The van der Waals surface area contributed by atoms with Crippen LogP contribution in [0.4, 0.5) is 4.79 Å². The van der Waals surface area contributed by atoms with Gasteiger partial charge in [0, 0.05) is 11.4 Å². The van der Waals surface area contributed by atoms with Gasteiger partial charge in [0.05, 0.1) is 24.9 Å². The molecule has 6 heteroatoms. The van der Waals surface area contributed by atoms with Gasteiger partial charge in [0.2, 0.25) is 0 Å². The Hall–Kier alpha value is -1.92. The highest BCUT2D eigenvalue weighted by Gasteiger charge is 2.26. The number of benzene rings is 1. The molecule has 0 bridgehead atoms. The minimum atomic E-state index is -0.618. The molecule has 2 N–H and O–H groups in total. The molecule has 0 spiro atoms. The molecule has 1 aliphatic carbocycles. The molecule has 0 radical (unpaired) electrons. The van der Waals surface area contributed by atoms with Crippen LogP contribution < -0.4 is 5.32 Å². The number of hydrogen-bond donors (Lipinski definition) is 2. The zero-order chi connectivity index (χ0) is 16.5. The van der Waals surface area contributed by atoms with E-state index < -0.39 is 6.10 Å². The molecular formula is C18H21N3O2S. The zero-order valence-corrected chi connectivity index (χ0v) is 14.3. The van der Waals surface area contributed by atoms with Crippen LogP contribution in [-0.4, -0.2) is 27.6 Å². The molecule has 126 valence electrons. The lowest BCUT2D eigenvalue weighted by Crippen LogP contribution is -2.43. The van der Waals surface area contributed by atoms with Crippen LogP contribution in [0.5, 0.6) is 0 Å². The first-order valence-electron chi connectivity index (χ1n) is 8.47. The molecule has 1 aromatic heterocycles. The predicted molar refractivity (Wildman–Crippen MR) is 92.8 cm³/mol. The highest BCUT2D eigenvalue weighted by molar-refractivity contribution is 7.11. The Kier molecular flexibility index (Phi) is 4.24. The molecule has 2 aliphatic rings. The van der Waals surface area contributed by atoms with Crippen LogP contribution in [0.25, 0.3) is 0 Å². The average Bonchev–Trinajstić information content (AvgIpc) is 3.02. The van der Waals surface area contributed by atoms with Crippen LogP contribution in [0.2, 0.25) is 0 Å². The number of carbonyl (C=O) groups is 1. The van der Waals surface area contributed by atoms with Gasteiger partial charge in [-0.3, -0.25) is 0 Å². The summed E-state index contributed by atoms with van der Waals surface area (Å²) in [6, 6.07) is 7.61. The zero-order valence-electron chi connectivity index (χ0n) is 13.5. The normalized spacial score (nSPS) is 19.5. The van der Waals surface area contributed by atoms with Crippen LogP contribution in [-0.2, 0) is 25.9 Å². The van der Waals surface area contributed by atoms with Crippen molar-refractivity contribution in [2.45, 2.75) is 44.9 Å². The molecule has 4 rings (SSSR count). The number of aliphatic hydroxyl groups excluding tert-OH is 1. The fourth-order valence-corrected chi connectivity index (χ4v) is 4.58. The number of thiazole rings is 1. The molecule has 2 amide bonds. The van der Waals surface area contributed by atoms with E-state index >= 15 is 0 Å². The fraction of sp³-hybridized carbons (Fsp3) is 0.444. The lowest BCUT2D eigenvalue weighted by atomic mass is 9.98. The van der Waals surface area contributed by atoms with E-state index in [-0.39, 0.29) is 6.03 Å². The van der Waals surface area contributed by atoms with Gasteiger partial charge in [-0.05, 0) is 36.8 Å². The molecule has 5 nitrogen and oxygen atoms in total. The van der Waals surface area contributed by atoms with Crippen LogP contribution in [0.1, 0.15) is 45.7 Å². The van der Waals surface area contributed by atoms with Gasteiger partial charge >= 0.3 is 6.03 Å². The van der Waals surface area contributed by atoms with Crippen molar-refractivity contribution >= 4 is 17.4 Å². The number of β-amino-alcohol motifs (C(OH)–C–C–N with tert-alkyl or cyclic N) is 1. The summed E-state index contributed by atoms with van der Waals surface area (Å²) >= 11 is 1.72. The van der Waals surface area contributed by atoms with E-state index in [0.29, 0.717) is 19.6 Å². The van der Waals surface area contributed by atoms with Crippen LogP contribution >= 0.6 is 11.3 Å². The van der Waals surface area contributed by atoms with E-state index in [9.17, 15) is 9.90 Å². The third kappa shape index (κ3) is 3.03. The van der Waals surface area contributed by atoms with E-state index in [0.717, 1.165) is 29.0 Å². The number of nitrogens with one attached hydrogen (secondary N) is 1. The summed E-state index contributed by atoms with van der Waals surface area (Å²) in [7, 11) is 0. The number of nitrogens with zero attached hydrogens (tertiary/aromatic N) is 2. The Balaban J connectivity index is 1.39. The Morgan fingerprint density at radius 2 is 2.17 bits per heavy atom. The van der Waals surface area contributed by atoms with Gasteiger partial charge in [0.1, 0.15) is 5.01 Å². The van der Waals surface area contributed by atoms with E-state index in [1.54, 1.807) is 16.2 Å². The van der Waals surface area contributed by atoms with Crippen molar-refractivity contribution in [1.82, 2.24) is 15.2 Å². The Labute approximate surface area is 145 Å². The molecule has 1 aliphatic heterocycles. The minimum absolute atomic E-state index is 0.142. The molecular weight excluding hydrogens is 322 g/mol. The maximum absolute atomic E-state index is 12.5. The summed E-state index contributed by atoms with van der Waals surface area (Å²) in [6.45, 7) is 1.33. The number of urea groups is 1. The van der Waals surface area contributed by atoms with Crippen LogP contribution in [0.3, 0.4) is 0 Å². The first-order valence-corrected chi connectivity index (χ1v) is 9.28. The maximum Gasteiger partial charge on any atom is 0.318 e. The Bertz CT molecular complexity index is 735. The number of carbonyl (C=O) groups excluding carboxylic acids is 1.